The number of β-amino-alcohol motifs (C(OH)–C–C–N with tert-alkyl or cyclic N) is 1. The SMILES string of the molecule is CCc1ccc(-c2nn(Cc3ccccc3)cc2CNCC(O)CN2CCOCC2)cc1. The Balaban J connectivity index is 1.43. The number of ether oxygens (including phenoxy) is 1. The summed E-state index contributed by atoms with van der Waals surface area (Å²) < 4.78 is 7.40. The molecule has 3 aromatic rings. The summed E-state index contributed by atoms with van der Waals surface area (Å²) in [7, 11) is 0. The smallest absolute Gasteiger partial charge is 0.0968 e. The second kappa shape index (κ2) is 11.4. The topological polar surface area (TPSA) is 62.5 Å². The van der Waals surface area contributed by atoms with Crippen molar-refractivity contribution < 1.29 is 9.84 Å². The van der Waals surface area contributed by atoms with Gasteiger partial charge in [0.05, 0.1) is 31.6 Å². The van der Waals surface area contributed by atoms with Crippen LogP contribution in [0.4, 0.5) is 0 Å². The van der Waals surface area contributed by atoms with E-state index in [1.54, 1.807) is 0 Å². The molecule has 2 N–H and O–H groups in total. The molecule has 2 aromatic carbocycles. The van der Waals surface area contributed by atoms with Crippen LogP contribution in [-0.2, 0) is 24.2 Å². The molecule has 0 spiro atoms. The lowest BCUT2D eigenvalue weighted by molar-refractivity contribution is 0.0149. The first-order valence-electron chi connectivity index (χ1n) is 11.6. The van der Waals surface area contributed by atoms with E-state index in [0.717, 1.165) is 56.1 Å². The number of aliphatic hydroxyl groups excluding tert-OH is 1. The number of hydrogen-bond donors (Lipinski definition) is 2. The van der Waals surface area contributed by atoms with E-state index >= 15 is 0 Å². The van der Waals surface area contributed by atoms with E-state index in [0.29, 0.717) is 19.6 Å². The highest BCUT2D eigenvalue weighted by atomic mass is 16.5. The summed E-state index contributed by atoms with van der Waals surface area (Å²) in [4.78, 5) is 2.26. The highest BCUT2D eigenvalue weighted by molar-refractivity contribution is 5.63. The molecular formula is C26H34N4O2. The number of rotatable bonds is 10. The molecule has 1 saturated heterocycles. The molecule has 0 aliphatic carbocycles. The van der Waals surface area contributed by atoms with Crippen LogP contribution in [0.25, 0.3) is 11.3 Å². The minimum atomic E-state index is -0.403. The summed E-state index contributed by atoms with van der Waals surface area (Å²) in [6, 6.07) is 19.1. The van der Waals surface area contributed by atoms with Gasteiger partial charge in [0.15, 0.2) is 0 Å². The number of aliphatic hydroxyl groups is 1. The zero-order valence-corrected chi connectivity index (χ0v) is 18.9. The first-order valence-corrected chi connectivity index (χ1v) is 11.6. The molecule has 4 rings (SSSR count). The average molecular weight is 435 g/mol. The summed E-state index contributed by atoms with van der Waals surface area (Å²) >= 11 is 0. The molecule has 0 bridgehead atoms. The molecule has 6 nitrogen and oxygen atoms in total. The Hall–Kier alpha value is -2.51. The van der Waals surface area contributed by atoms with E-state index in [1.165, 1.54) is 11.1 Å². The zero-order valence-electron chi connectivity index (χ0n) is 18.9. The highest BCUT2D eigenvalue weighted by Gasteiger charge is 2.16. The van der Waals surface area contributed by atoms with Gasteiger partial charge in [0.2, 0.25) is 0 Å². The minimum absolute atomic E-state index is 0.403. The van der Waals surface area contributed by atoms with E-state index in [1.807, 2.05) is 10.7 Å². The Morgan fingerprint density at radius 3 is 2.50 bits per heavy atom. The minimum Gasteiger partial charge on any atom is -0.390 e. The van der Waals surface area contributed by atoms with Crippen LogP contribution in [-0.4, -0.2) is 65.3 Å². The lowest BCUT2D eigenvalue weighted by Gasteiger charge is -2.28. The Morgan fingerprint density at radius 2 is 1.78 bits per heavy atom. The predicted molar refractivity (Wildman–Crippen MR) is 128 cm³/mol. The predicted octanol–water partition coefficient (Wildman–Crippen LogP) is 2.94. The van der Waals surface area contributed by atoms with Gasteiger partial charge in [-0.3, -0.25) is 9.58 Å². The van der Waals surface area contributed by atoms with Crippen LogP contribution in [0.2, 0.25) is 0 Å². The molecular weight excluding hydrogens is 400 g/mol. The van der Waals surface area contributed by atoms with E-state index in [4.69, 9.17) is 9.84 Å². The molecule has 32 heavy (non-hydrogen) atoms. The van der Waals surface area contributed by atoms with E-state index in [2.05, 4.69) is 71.9 Å². The largest absolute Gasteiger partial charge is 0.390 e. The zero-order chi connectivity index (χ0) is 22.2. The summed E-state index contributed by atoms with van der Waals surface area (Å²) in [5, 5.41) is 18.8. The molecule has 1 unspecified atom stereocenters. The van der Waals surface area contributed by atoms with Crippen molar-refractivity contribution >= 4 is 0 Å². The summed E-state index contributed by atoms with van der Waals surface area (Å²) in [5.41, 5.74) is 5.81. The third-order valence-electron chi connectivity index (χ3n) is 5.93. The summed E-state index contributed by atoms with van der Waals surface area (Å²) in [6.07, 6.45) is 2.75. The molecule has 1 aromatic heterocycles. The first kappa shape index (κ1) is 22.7. The molecule has 0 saturated carbocycles. The molecule has 2 heterocycles. The number of hydrogen-bond acceptors (Lipinski definition) is 5. The molecule has 1 fully saturated rings. The Bertz CT molecular complexity index is 950. The van der Waals surface area contributed by atoms with Crippen molar-refractivity contribution in [2.45, 2.75) is 32.5 Å². The van der Waals surface area contributed by atoms with Crippen molar-refractivity contribution in [1.82, 2.24) is 20.0 Å². The third kappa shape index (κ3) is 6.26. The van der Waals surface area contributed by atoms with Crippen molar-refractivity contribution in [3.8, 4) is 11.3 Å². The van der Waals surface area contributed by atoms with Crippen molar-refractivity contribution in [3.63, 3.8) is 0 Å². The number of nitrogens with zero attached hydrogens (tertiary/aromatic N) is 3. The van der Waals surface area contributed by atoms with Crippen LogP contribution in [0.3, 0.4) is 0 Å². The number of nitrogens with one attached hydrogen (secondary N) is 1. The van der Waals surface area contributed by atoms with Gasteiger partial charge < -0.3 is 15.2 Å². The Labute approximate surface area is 190 Å². The maximum Gasteiger partial charge on any atom is 0.0968 e. The van der Waals surface area contributed by atoms with Gasteiger partial charge in [-0.15, -0.1) is 0 Å². The number of morpholine rings is 1. The van der Waals surface area contributed by atoms with Crippen LogP contribution in [0.5, 0.6) is 0 Å². The van der Waals surface area contributed by atoms with E-state index < -0.39 is 6.10 Å². The van der Waals surface area contributed by atoms with Gasteiger partial charge in [-0.1, -0.05) is 61.5 Å². The van der Waals surface area contributed by atoms with Crippen LogP contribution in [0.15, 0.2) is 60.8 Å². The number of aryl methyl sites for hydroxylation is 1. The second-order valence-corrected chi connectivity index (χ2v) is 8.43. The fourth-order valence-electron chi connectivity index (χ4n) is 4.10. The molecule has 0 amide bonds. The lowest BCUT2D eigenvalue weighted by Crippen LogP contribution is -2.43. The summed E-state index contributed by atoms with van der Waals surface area (Å²) in [5.74, 6) is 0. The van der Waals surface area contributed by atoms with Crippen molar-refractivity contribution in [3.05, 3.63) is 77.5 Å². The van der Waals surface area contributed by atoms with Gasteiger partial charge in [-0.2, -0.15) is 5.10 Å². The molecule has 1 aliphatic heterocycles. The van der Waals surface area contributed by atoms with Crippen molar-refractivity contribution in [2.75, 3.05) is 39.4 Å². The van der Waals surface area contributed by atoms with Gasteiger partial charge in [0.1, 0.15) is 0 Å². The number of aromatic nitrogens is 2. The van der Waals surface area contributed by atoms with Crippen molar-refractivity contribution in [2.24, 2.45) is 0 Å². The van der Waals surface area contributed by atoms with Crippen LogP contribution in [0.1, 0.15) is 23.6 Å². The van der Waals surface area contributed by atoms with Crippen LogP contribution in [0, 0.1) is 0 Å². The first-order chi connectivity index (χ1) is 15.7. The van der Waals surface area contributed by atoms with E-state index in [-0.39, 0.29) is 0 Å². The van der Waals surface area contributed by atoms with Gasteiger partial charge in [-0.25, -0.2) is 0 Å². The monoisotopic (exact) mass is 434 g/mol. The van der Waals surface area contributed by atoms with E-state index in [9.17, 15) is 5.11 Å². The van der Waals surface area contributed by atoms with Gasteiger partial charge in [0, 0.05) is 50.0 Å². The normalized spacial score (nSPS) is 15.7. The van der Waals surface area contributed by atoms with Gasteiger partial charge in [-0.05, 0) is 17.5 Å². The summed E-state index contributed by atoms with van der Waals surface area (Å²) in [6.45, 7) is 8.08. The average Bonchev–Trinajstić information content (AvgIpc) is 3.22. The molecule has 170 valence electrons. The highest BCUT2D eigenvalue weighted by Crippen LogP contribution is 2.23. The fraction of sp³-hybridized carbons (Fsp3) is 0.423. The molecule has 6 heteroatoms. The van der Waals surface area contributed by atoms with Gasteiger partial charge >= 0.3 is 0 Å². The Kier molecular flexibility index (Phi) is 8.07. The molecule has 0 radical (unpaired) electrons. The Morgan fingerprint density at radius 1 is 1.03 bits per heavy atom. The van der Waals surface area contributed by atoms with Crippen LogP contribution < -0.4 is 5.32 Å². The standard InChI is InChI=1S/C26H34N4O2/c1-2-21-8-10-23(11-9-21)26-24(19-30(28-26)18-22-6-4-3-5-7-22)16-27-17-25(31)20-29-12-14-32-15-13-29/h3-11,19,25,27,31H,2,12-18,20H2,1H3. The molecule has 1 aliphatic rings. The quantitative estimate of drug-likeness (QED) is 0.514. The maximum atomic E-state index is 10.5. The fourth-order valence-corrected chi connectivity index (χ4v) is 4.10. The molecule has 1 atom stereocenters. The van der Waals surface area contributed by atoms with Gasteiger partial charge in [0.25, 0.3) is 0 Å². The maximum absolute atomic E-state index is 10.5. The van der Waals surface area contributed by atoms with Crippen molar-refractivity contribution in [1.29, 1.82) is 0 Å². The van der Waals surface area contributed by atoms with Crippen LogP contribution >= 0.6 is 0 Å². The lowest BCUT2D eigenvalue weighted by atomic mass is 10.0. The number of benzene rings is 2. The third-order valence-corrected chi connectivity index (χ3v) is 5.93. The second-order valence-electron chi connectivity index (χ2n) is 8.43.